The molecule has 0 spiro atoms. The minimum atomic E-state index is -0.229. The number of hydrogen-bond acceptors (Lipinski definition) is 5. The number of carbonyl (C=O) groups is 1. The highest BCUT2D eigenvalue weighted by molar-refractivity contribution is 5.89. The van der Waals surface area contributed by atoms with E-state index in [4.69, 9.17) is 4.42 Å². The van der Waals surface area contributed by atoms with Crippen LogP contribution in [0.2, 0.25) is 0 Å². The smallest absolute Gasteiger partial charge is 0.319 e. The van der Waals surface area contributed by atoms with Crippen LogP contribution >= 0.6 is 0 Å². The second kappa shape index (κ2) is 6.78. The van der Waals surface area contributed by atoms with Crippen LogP contribution in [0.25, 0.3) is 11.5 Å². The Morgan fingerprint density at radius 3 is 2.48 bits per heavy atom. The Balaban J connectivity index is 1.54. The number of benzene rings is 1. The Morgan fingerprint density at radius 2 is 1.87 bits per heavy atom. The number of rotatable bonds is 3. The molecule has 1 aliphatic carbocycles. The van der Waals surface area contributed by atoms with Gasteiger partial charge in [-0.25, -0.2) is 4.79 Å². The van der Waals surface area contributed by atoms with Gasteiger partial charge in [0.05, 0.1) is 6.10 Å². The second-order valence-electron chi connectivity index (χ2n) is 5.81. The fourth-order valence-corrected chi connectivity index (χ4v) is 2.68. The summed E-state index contributed by atoms with van der Waals surface area (Å²) < 4.78 is 5.36. The maximum Gasteiger partial charge on any atom is 0.319 e. The molecule has 2 aromatic rings. The van der Waals surface area contributed by atoms with Crippen LogP contribution in [0.1, 0.15) is 31.6 Å². The largest absolute Gasteiger partial charge is 0.421 e. The van der Waals surface area contributed by atoms with Gasteiger partial charge in [-0.3, -0.25) is 0 Å². The molecule has 3 rings (SSSR count). The van der Waals surface area contributed by atoms with Gasteiger partial charge < -0.3 is 20.2 Å². The second-order valence-corrected chi connectivity index (χ2v) is 5.81. The molecule has 1 saturated carbocycles. The Bertz CT molecular complexity index is 660. The molecule has 0 aliphatic heterocycles. The molecule has 2 amide bonds. The average Bonchev–Trinajstić information content (AvgIpc) is 2.97. The van der Waals surface area contributed by atoms with E-state index < -0.39 is 0 Å². The normalized spacial score (nSPS) is 21.0. The molecule has 0 radical (unpaired) electrons. The van der Waals surface area contributed by atoms with Crippen LogP contribution in [0.3, 0.4) is 0 Å². The van der Waals surface area contributed by atoms with E-state index in [1.165, 1.54) is 0 Å². The Hall–Kier alpha value is -2.41. The lowest BCUT2D eigenvalue weighted by atomic mass is 9.93. The third-order valence-corrected chi connectivity index (χ3v) is 3.95. The van der Waals surface area contributed by atoms with E-state index in [1.807, 2.05) is 12.1 Å². The predicted molar refractivity (Wildman–Crippen MR) is 84.9 cm³/mol. The molecule has 0 saturated heterocycles. The number of nitrogens with one attached hydrogen (secondary N) is 2. The number of nitrogens with zero attached hydrogens (tertiary/aromatic N) is 2. The third kappa shape index (κ3) is 4.07. The zero-order valence-corrected chi connectivity index (χ0v) is 13.0. The van der Waals surface area contributed by atoms with E-state index in [2.05, 4.69) is 20.8 Å². The highest BCUT2D eigenvalue weighted by Gasteiger charge is 2.20. The van der Waals surface area contributed by atoms with Crippen LogP contribution in [0.4, 0.5) is 10.5 Å². The van der Waals surface area contributed by atoms with Crippen molar-refractivity contribution in [2.45, 2.75) is 44.8 Å². The van der Waals surface area contributed by atoms with Crippen molar-refractivity contribution in [1.82, 2.24) is 15.5 Å². The number of urea groups is 1. The van der Waals surface area contributed by atoms with Gasteiger partial charge in [0, 0.05) is 24.2 Å². The Kier molecular flexibility index (Phi) is 4.57. The number of aryl methyl sites for hydroxylation is 1. The van der Waals surface area contributed by atoms with E-state index in [0.29, 0.717) is 17.5 Å². The summed E-state index contributed by atoms with van der Waals surface area (Å²) >= 11 is 0. The van der Waals surface area contributed by atoms with Crippen molar-refractivity contribution in [2.24, 2.45) is 0 Å². The first-order valence-electron chi connectivity index (χ1n) is 7.76. The summed E-state index contributed by atoms with van der Waals surface area (Å²) in [4.78, 5) is 12.0. The molecule has 1 aliphatic rings. The third-order valence-electron chi connectivity index (χ3n) is 3.95. The van der Waals surface area contributed by atoms with Crippen LogP contribution in [-0.2, 0) is 0 Å². The van der Waals surface area contributed by atoms with Gasteiger partial charge in [-0.2, -0.15) is 0 Å². The van der Waals surface area contributed by atoms with Gasteiger partial charge in [-0.15, -0.1) is 10.2 Å². The quantitative estimate of drug-likeness (QED) is 0.807. The Morgan fingerprint density at radius 1 is 1.17 bits per heavy atom. The lowest BCUT2D eigenvalue weighted by molar-refractivity contribution is 0.118. The van der Waals surface area contributed by atoms with Crippen molar-refractivity contribution >= 4 is 11.7 Å². The number of amides is 2. The molecule has 122 valence electrons. The molecule has 0 unspecified atom stereocenters. The summed E-state index contributed by atoms with van der Waals surface area (Å²) in [5.41, 5.74) is 1.50. The number of hydrogen-bond donors (Lipinski definition) is 3. The first kappa shape index (κ1) is 15.5. The summed E-state index contributed by atoms with van der Waals surface area (Å²) in [6.07, 6.45) is 2.87. The molecule has 7 nitrogen and oxygen atoms in total. The molecule has 0 bridgehead atoms. The van der Waals surface area contributed by atoms with Gasteiger partial charge in [0.15, 0.2) is 0 Å². The van der Waals surface area contributed by atoms with E-state index >= 15 is 0 Å². The average molecular weight is 316 g/mol. The van der Waals surface area contributed by atoms with Crippen molar-refractivity contribution in [3.8, 4) is 11.5 Å². The van der Waals surface area contributed by atoms with Crippen molar-refractivity contribution in [2.75, 3.05) is 5.32 Å². The molecular formula is C16H20N4O3. The van der Waals surface area contributed by atoms with E-state index in [1.54, 1.807) is 19.1 Å². The summed E-state index contributed by atoms with van der Waals surface area (Å²) in [6, 6.07) is 7.11. The molecule has 7 heteroatoms. The highest BCUT2D eigenvalue weighted by atomic mass is 16.4. The monoisotopic (exact) mass is 316 g/mol. The number of carbonyl (C=O) groups excluding carboxylic acids is 1. The van der Waals surface area contributed by atoms with E-state index in [0.717, 1.165) is 31.2 Å². The molecule has 0 atom stereocenters. The van der Waals surface area contributed by atoms with Gasteiger partial charge in [-0.1, -0.05) is 0 Å². The van der Waals surface area contributed by atoms with Gasteiger partial charge in [0.2, 0.25) is 11.8 Å². The maximum absolute atomic E-state index is 12.0. The van der Waals surface area contributed by atoms with Gasteiger partial charge in [0.25, 0.3) is 0 Å². The lowest BCUT2D eigenvalue weighted by Gasteiger charge is -2.26. The molecular weight excluding hydrogens is 296 g/mol. The van der Waals surface area contributed by atoms with Crippen LogP contribution < -0.4 is 10.6 Å². The van der Waals surface area contributed by atoms with Crippen LogP contribution in [0.15, 0.2) is 28.7 Å². The minimum Gasteiger partial charge on any atom is -0.421 e. The van der Waals surface area contributed by atoms with Gasteiger partial charge >= 0.3 is 6.03 Å². The topological polar surface area (TPSA) is 100 Å². The van der Waals surface area contributed by atoms with Gasteiger partial charge in [-0.05, 0) is 49.9 Å². The van der Waals surface area contributed by atoms with Crippen LogP contribution in [0.5, 0.6) is 0 Å². The summed E-state index contributed by atoms with van der Waals surface area (Å²) in [7, 11) is 0. The lowest BCUT2D eigenvalue weighted by Crippen LogP contribution is -2.40. The Labute approximate surface area is 134 Å². The van der Waals surface area contributed by atoms with E-state index in [9.17, 15) is 9.90 Å². The summed E-state index contributed by atoms with van der Waals surface area (Å²) in [5, 5.41) is 23.0. The van der Waals surface area contributed by atoms with Crippen LogP contribution in [-0.4, -0.2) is 33.5 Å². The first-order valence-corrected chi connectivity index (χ1v) is 7.76. The van der Waals surface area contributed by atoms with Gasteiger partial charge in [0.1, 0.15) is 0 Å². The minimum absolute atomic E-state index is 0.124. The van der Waals surface area contributed by atoms with Crippen molar-refractivity contribution in [3.05, 3.63) is 30.2 Å². The standard InChI is InChI=1S/C16H20N4O3/c1-10-19-20-15(23-10)11-2-4-12(5-3-11)17-16(22)18-13-6-8-14(21)9-7-13/h2-5,13-14,21H,6-9H2,1H3,(H2,17,18,22). The SMILES string of the molecule is Cc1nnc(-c2ccc(NC(=O)NC3CCC(O)CC3)cc2)o1. The number of aromatic nitrogens is 2. The molecule has 1 heterocycles. The summed E-state index contributed by atoms with van der Waals surface area (Å²) in [5.74, 6) is 0.971. The molecule has 1 aromatic heterocycles. The molecule has 3 N–H and O–H groups in total. The summed E-state index contributed by atoms with van der Waals surface area (Å²) in [6.45, 7) is 1.74. The van der Waals surface area contributed by atoms with Crippen molar-refractivity contribution < 1.29 is 14.3 Å². The molecule has 1 aromatic carbocycles. The first-order chi connectivity index (χ1) is 11.1. The maximum atomic E-state index is 12.0. The molecule has 1 fully saturated rings. The number of aliphatic hydroxyl groups is 1. The fraction of sp³-hybridized carbons (Fsp3) is 0.438. The highest BCUT2D eigenvalue weighted by Crippen LogP contribution is 2.21. The van der Waals surface area contributed by atoms with Crippen LogP contribution in [0, 0.1) is 6.92 Å². The molecule has 23 heavy (non-hydrogen) atoms. The van der Waals surface area contributed by atoms with Crippen molar-refractivity contribution in [3.63, 3.8) is 0 Å². The van der Waals surface area contributed by atoms with Crippen molar-refractivity contribution in [1.29, 1.82) is 0 Å². The number of aliphatic hydroxyl groups excluding tert-OH is 1. The predicted octanol–water partition coefficient (Wildman–Crippen LogP) is 2.47. The zero-order chi connectivity index (χ0) is 16.2. The van der Waals surface area contributed by atoms with E-state index in [-0.39, 0.29) is 18.2 Å². The number of anilines is 1. The fourth-order valence-electron chi connectivity index (χ4n) is 2.68. The zero-order valence-electron chi connectivity index (χ0n) is 13.0.